The molecule has 1 aromatic carbocycles. The molecule has 0 aliphatic carbocycles. The molecule has 6 heteroatoms. The van der Waals surface area contributed by atoms with Crippen LogP contribution in [0.3, 0.4) is 0 Å². The number of ether oxygens (including phenoxy) is 1. The monoisotopic (exact) mass is 395 g/mol. The summed E-state index contributed by atoms with van der Waals surface area (Å²) in [5, 5.41) is 10.6. The van der Waals surface area contributed by atoms with Crippen LogP contribution in [-0.4, -0.2) is 41.0 Å². The quantitative estimate of drug-likeness (QED) is 0.743. The summed E-state index contributed by atoms with van der Waals surface area (Å²) in [5.41, 5.74) is 2.00. The number of rotatable bonds is 6. The third-order valence-corrected chi connectivity index (χ3v) is 5.64. The van der Waals surface area contributed by atoms with E-state index >= 15 is 0 Å². The zero-order chi connectivity index (χ0) is 20.5. The molecule has 1 amide bonds. The second kappa shape index (κ2) is 7.87. The van der Waals surface area contributed by atoms with Crippen LogP contribution >= 0.6 is 0 Å². The van der Waals surface area contributed by atoms with Crippen LogP contribution in [0.4, 0.5) is 0 Å². The van der Waals surface area contributed by atoms with Gasteiger partial charge in [0.2, 0.25) is 5.78 Å². The average Bonchev–Trinajstić information content (AvgIpc) is 3.46. The van der Waals surface area contributed by atoms with Gasteiger partial charge in [-0.05, 0) is 42.0 Å². The normalized spacial score (nSPS) is 22.2. The first kappa shape index (κ1) is 19.5. The van der Waals surface area contributed by atoms with E-state index in [1.807, 2.05) is 24.3 Å². The maximum Gasteiger partial charge on any atom is 0.290 e. The van der Waals surface area contributed by atoms with E-state index in [0.717, 1.165) is 24.0 Å². The van der Waals surface area contributed by atoms with E-state index in [1.54, 1.807) is 11.0 Å². The number of hydrogen-bond acceptors (Lipinski definition) is 5. The lowest BCUT2D eigenvalue weighted by Crippen LogP contribution is -2.37. The molecule has 1 fully saturated rings. The highest BCUT2D eigenvalue weighted by Crippen LogP contribution is 2.40. The Balaban J connectivity index is 1.74. The number of carbonyl (C=O) groups is 2. The van der Waals surface area contributed by atoms with Crippen LogP contribution in [0.5, 0.6) is 0 Å². The summed E-state index contributed by atoms with van der Waals surface area (Å²) in [7, 11) is 0. The van der Waals surface area contributed by atoms with Crippen molar-refractivity contribution >= 4 is 11.7 Å². The highest BCUT2D eigenvalue weighted by Gasteiger charge is 2.45. The Hall–Kier alpha value is -2.86. The largest absolute Gasteiger partial charge is 0.503 e. The van der Waals surface area contributed by atoms with Crippen molar-refractivity contribution in [2.24, 2.45) is 0 Å². The zero-order valence-electron chi connectivity index (χ0n) is 16.6. The molecule has 0 saturated carbocycles. The Bertz CT molecular complexity index is 921. The zero-order valence-corrected chi connectivity index (χ0v) is 16.6. The first-order valence-corrected chi connectivity index (χ1v) is 10.0. The van der Waals surface area contributed by atoms with E-state index in [-0.39, 0.29) is 17.4 Å². The van der Waals surface area contributed by atoms with Crippen LogP contribution in [-0.2, 0) is 9.53 Å². The SMILES string of the molecule is CC(C)c1ccc([C@@H]2C(C(=O)c3ccco3)=C(O)C(=O)N2C[C@@H]2CCCO2)cc1. The van der Waals surface area contributed by atoms with Crippen LogP contribution in [0.2, 0.25) is 0 Å². The van der Waals surface area contributed by atoms with Crippen LogP contribution in [0.1, 0.15) is 60.3 Å². The molecule has 0 unspecified atom stereocenters. The predicted molar refractivity (Wildman–Crippen MR) is 107 cm³/mol. The van der Waals surface area contributed by atoms with Crippen LogP contribution < -0.4 is 0 Å². The minimum atomic E-state index is -0.675. The number of aliphatic hydroxyl groups excluding tert-OH is 1. The standard InChI is InChI=1S/C23H25NO5/c1-14(2)15-7-9-16(10-8-15)20-19(21(25)18-6-4-12-29-18)22(26)23(27)24(20)13-17-5-3-11-28-17/h4,6-10,12,14,17,20,26H,3,5,11,13H2,1-2H3/t17-,20+/m0/s1. The van der Waals surface area contributed by atoms with Gasteiger partial charge < -0.3 is 19.2 Å². The van der Waals surface area contributed by atoms with Gasteiger partial charge >= 0.3 is 0 Å². The molecule has 1 aromatic heterocycles. The van der Waals surface area contributed by atoms with Gasteiger partial charge in [-0.15, -0.1) is 0 Å². The van der Waals surface area contributed by atoms with E-state index in [1.165, 1.54) is 12.3 Å². The van der Waals surface area contributed by atoms with Crippen molar-refractivity contribution in [3.63, 3.8) is 0 Å². The first-order valence-electron chi connectivity index (χ1n) is 10.0. The molecule has 4 rings (SSSR count). The summed E-state index contributed by atoms with van der Waals surface area (Å²) in [4.78, 5) is 27.5. The van der Waals surface area contributed by atoms with Gasteiger partial charge in [-0.25, -0.2) is 0 Å². The molecule has 0 spiro atoms. The lowest BCUT2D eigenvalue weighted by atomic mass is 9.93. The van der Waals surface area contributed by atoms with Gasteiger partial charge in [0.25, 0.3) is 5.91 Å². The Morgan fingerprint density at radius 1 is 1.24 bits per heavy atom. The van der Waals surface area contributed by atoms with Gasteiger partial charge in [0, 0.05) is 13.2 Å². The van der Waals surface area contributed by atoms with E-state index in [2.05, 4.69) is 13.8 Å². The fraction of sp³-hybridized carbons (Fsp3) is 0.391. The summed E-state index contributed by atoms with van der Waals surface area (Å²) < 4.78 is 10.9. The minimum absolute atomic E-state index is 0.0558. The average molecular weight is 395 g/mol. The van der Waals surface area contributed by atoms with Crippen LogP contribution in [0, 0.1) is 0 Å². The van der Waals surface area contributed by atoms with Crippen molar-refractivity contribution in [2.45, 2.75) is 44.8 Å². The van der Waals surface area contributed by atoms with Gasteiger partial charge in [0.1, 0.15) is 0 Å². The van der Waals surface area contributed by atoms with E-state index in [4.69, 9.17) is 9.15 Å². The van der Waals surface area contributed by atoms with Crippen LogP contribution in [0.25, 0.3) is 0 Å². The number of furan rings is 1. The number of Topliss-reactive ketones (excluding diaryl/α,β-unsaturated/α-hetero) is 1. The molecular weight excluding hydrogens is 370 g/mol. The molecule has 0 bridgehead atoms. The smallest absolute Gasteiger partial charge is 0.290 e. The lowest BCUT2D eigenvalue weighted by molar-refractivity contribution is -0.131. The van der Waals surface area contributed by atoms with Gasteiger partial charge in [0.05, 0.1) is 24.0 Å². The molecule has 1 N–H and O–H groups in total. The van der Waals surface area contributed by atoms with E-state index in [9.17, 15) is 14.7 Å². The molecule has 1 saturated heterocycles. The summed E-state index contributed by atoms with van der Waals surface area (Å²) in [6, 6.07) is 10.3. The second-order valence-corrected chi connectivity index (χ2v) is 7.89. The number of benzene rings is 1. The van der Waals surface area contributed by atoms with Crippen molar-refractivity contribution in [3.05, 3.63) is 70.9 Å². The number of nitrogens with zero attached hydrogens (tertiary/aromatic N) is 1. The van der Waals surface area contributed by atoms with Gasteiger partial charge in [-0.3, -0.25) is 9.59 Å². The Morgan fingerprint density at radius 2 is 2.00 bits per heavy atom. The Morgan fingerprint density at radius 3 is 2.59 bits per heavy atom. The van der Waals surface area contributed by atoms with Gasteiger partial charge in [-0.2, -0.15) is 0 Å². The maximum atomic E-state index is 13.1. The fourth-order valence-electron chi connectivity index (χ4n) is 4.03. The van der Waals surface area contributed by atoms with E-state index in [0.29, 0.717) is 19.1 Å². The maximum absolute atomic E-state index is 13.1. The first-order chi connectivity index (χ1) is 14.0. The third-order valence-electron chi connectivity index (χ3n) is 5.64. The number of hydrogen-bond donors (Lipinski definition) is 1. The number of ketones is 1. The topological polar surface area (TPSA) is 80.0 Å². The minimum Gasteiger partial charge on any atom is -0.503 e. The van der Waals surface area contributed by atoms with E-state index < -0.39 is 23.5 Å². The molecule has 6 nitrogen and oxygen atoms in total. The van der Waals surface area contributed by atoms with Crippen molar-refractivity contribution in [2.75, 3.05) is 13.2 Å². The summed E-state index contributed by atoms with van der Waals surface area (Å²) in [5.74, 6) is -1.07. The Kier molecular flexibility index (Phi) is 5.28. The Labute approximate surface area is 169 Å². The molecule has 2 aliphatic heterocycles. The summed E-state index contributed by atoms with van der Waals surface area (Å²) in [6.07, 6.45) is 3.10. The van der Waals surface area contributed by atoms with Crippen molar-refractivity contribution < 1.29 is 23.8 Å². The molecule has 2 atom stereocenters. The lowest BCUT2D eigenvalue weighted by Gasteiger charge is -2.29. The highest BCUT2D eigenvalue weighted by molar-refractivity contribution is 6.15. The molecule has 2 aromatic rings. The molecule has 2 aliphatic rings. The number of amides is 1. The number of aliphatic hydroxyl groups is 1. The fourth-order valence-corrected chi connectivity index (χ4v) is 4.03. The van der Waals surface area contributed by atoms with Crippen molar-refractivity contribution in [1.29, 1.82) is 0 Å². The van der Waals surface area contributed by atoms with Gasteiger partial charge in [-0.1, -0.05) is 38.1 Å². The molecule has 0 radical (unpaired) electrons. The second-order valence-electron chi connectivity index (χ2n) is 7.89. The summed E-state index contributed by atoms with van der Waals surface area (Å²) >= 11 is 0. The highest BCUT2D eigenvalue weighted by atomic mass is 16.5. The van der Waals surface area contributed by atoms with Crippen molar-refractivity contribution in [1.82, 2.24) is 4.90 Å². The number of carbonyl (C=O) groups excluding carboxylic acids is 2. The summed E-state index contributed by atoms with van der Waals surface area (Å²) in [6.45, 7) is 5.21. The molecular formula is C23H25NO5. The van der Waals surface area contributed by atoms with Gasteiger partial charge in [0.15, 0.2) is 11.5 Å². The molecule has 3 heterocycles. The van der Waals surface area contributed by atoms with Crippen molar-refractivity contribution in [3.8, 4) is 0 Å². The third kappa shape index (κ3) is 3.60. The van der Waals surface area contributed by atoms with Crippen LogP contribution in [0.15, 0.2) is 58.4 Å². The molecule has 152 valence electrons. The molecule has 29 heavy (non-hydrogen) atoms. The predicted octanol–water partition coefficient (Wildman–Crippen LogP) is 4.16.